The molecule has 0 radical (unpaired) electrons. The monoisotopic (exact) mass is 537 g/mol. The van der Waals surface area contributed by atoms with Crippen molar-refractivity contribution in [3.8, 4) is 0 Å². The van der Waals surface area contributed by atoms with Gasteiger partial charge in [0.05, 0.1) is 5.69 Å². The molecule has 1 N–H and O–H groups in total. The lowest BCUT2D eigenvalue weighted by Gasteiger charge is -2.38. The lowest BCUT2D eigenvalue weighted by atomic mass is 10.0. The first-order chi connectivity index (χ1) is 16.8. The van der Waals surface area contributed by atoms with Crippen LogP contribution in [0.2, 0.25) is 0 Å². The number of nitrogens with one attached hydrogen (secondary N) is 1. The van der Waals surface area contributed by atoms with E-state index in [-0.39, 0.29) is 23.6 Å². The number of anilines is 2. The molecular formula is C21H24F5N5O4S. The van der Waals surface area contributed by atoms with Crippen molar-refractivity contribution in [3.05, 3.63) is 29.7 Å². The van der Waals surface area contributed by atoms with E-state index in [0.717, 1.165) is 12.3 Å². The number of carbonyl (C=O) groups is 1. The van der Waals surface area contributed by atoms with Crippen LogP contribution in [0.5, 0.6) is 0 Å². The van der Waals surface area contributed by atoms with E-state index in [9.17, 15) is 35.2 Å². The topological polar surface area (TPSA) is 109 Å². The van der Waals surface area contributed by atoms with E-state index in [1.54, 1.807) is 9.80 Å². The normalized spacial score (nSPS) is 20.5. The molecule has 0 aliphatic carbocycles. The first-order valence-corrected chi connectivity index (χ1v) is 13.2. The second-order valence-corrected chi connectivity index (χ2v) is 10.9. The molecule has 2 fully saturated rings. The zero-order valence-corrected chi connectivity index (χ0v) is 20.0. The highest BCUT2D eigenvalue weighted by Gasteiger charge is 2.40. The molecule has 2 aliphatic rings. The summed E-state index contributed by atoms with van der Waals surface area (Å²) in [7, 11) is -3.97. The van der Waals surface area contributed by atoms with E-state index in [4.69, 9.17) is 0 Å². The number of likely N-dealkylation sites (tertiary alicyclic amines) is 1. The third-order valence-electron chi connectivity index (χ3n) is 6.32. The molecule has 0 unspecified atom stereocenters. The Bertz CT molecular complexity index is 1230. The summed E-state index contributed by atoms with van der Waals surface area (Å²) in [6, 6.07) is 0.255. The molecule has 15 heteroatoms. The van der Waals surface area contributed by atoms with Crippen molar-refractivity contribution in [3.63, 3.8) is 0 Å². The van der Waals surface area contributed by atoms with Crippen LogP contribution in [0, 0.1) is 11.6 Å². The van der Waals surface area contributed by atoms with Crippen LogP contribution in [-0.4, -0.2) is 67.3 Å². The zero-order valence-electron chi connectivity index (χ0n) is 19.2. The number of nitrogens with zero attached hydrogens (tertiary/aromatic N) is 4. The number of halogens is 5. The third-order valence-corrected chi connectivity index (χ3v) is 7.43. The van der Waals surface area contributed by atoms with Crippen LogP contribution in [0.25, 0.3) is 0 Å². The first-order valence-electron chi connectivity index (χ1n) is 11.3. The van der Waals surface area contributed by atoms with Crippen molar-refractivity contribution >= 4 is 27.4 Å². The van der Waals surface area contributed by atoms with Gasteiger partial charge in [0.25, 0.3) is 5.95 Å². The molecule has 1 atom stereocenters. The fourth-order valence-electron chi connectivity index (χ4n) is 4.51. The van der Waals surface area contributed by atoms with Gasteiger partial charge in [0, 0.05) is 38.0 Å². The van der Waals surface area contributed by atoms with Crippen molar-refractivity contribution in [2.24, 2.45) is 0 Å². The summed E-state index contributed by atoms with van der Waals surface area (Å²) in [5.74, 6) is -4.02. The van der Waals surface area contributed by atoms with Crippen LogP contribution in [0.1, 0.15) is 38.0 Å². The minimum atomic E-state index is -4.74. The lowest BCUT2D eigenvalue weighted by molar-refractivity contribution is -0.159. The molecule has 1 amide bonds. The summed E-state index contributed by atoms with van der Waals surface area (Å²) >= 11 is 0. The molecule has 4 rings (SSSR count). The molecule has 2 saturated heterocycles. The standard InChI is InChI=1S/C21H24F5N5O4S/c1-36(33,34)17-11-13(22)16(10-14(17)23)27-15-4-2-3-7-31(18(15)32)12-5-8-30(9-6-12)20-28-19(35-29-20)21(24,25)26/h10-12,15,27H,2-9H2,1H3/t15-/m0/s1. The van der Waals surface area contributed by atoms with Gasteiger partial charge in [-0.1, -0.05) is 0 Å². The van der Waals surface area contributed by atoms with Crippen molar-refractivity contribution in [1.82, 2.24) is 15.0 Å². The summed E-state index contributed by atoms with van der Waals surface area (Å²) in [6.45, 7) is 1.05. The number of hydrogen-bond donors (Lipinski definition) is 1. The van der Waals surface area contributed by atoms with Crippen LogP contribution in [-0.2, 0) is 20.8 Å². The van der Waals surface area contributed by atoms with Crippen molar-refractivity contribution in [1.29, 1.82) is 0 Å². The highest BCUT2D eigenvalue weighted by atomic mass is 32.2. The maximum atomic E-state index is 14.6. The predicted octanol–water partition coefficient (Wildman–Crippen LogP) is 3.23. The van der Waals surface area contributed by atoms with Gasteiger partial charge in [0.15, 0.2) is 9.84 Å². The molecule has 9 nitrogen and oxygen atoms in total. The molecule has 3 heterocycles. The number of amides is 1. The number of aromatic nitrogens is 2. The molecule has 36 heavy (non-hydrogen) atoms. The molecule has 2 aromatic rings. The molecule has 2 aliphatic heterocycles. The minimum Gasteiger partial charge on any atom is -0.371 e. The SMILES string of the molecule is CS(=O)(=O)c1cc(F)c(N[C@H]2CCCCN(C3CCN(c4noc(C(F)(F)F)n4)CC3)C2=O)cc1F. The Hall–Kier alpha value is -2.97. The van der Waals surface area contributed by atoms with Gasteiger partial charge in [0.1, 0.15) is 22.6 Å². The number of carbonyl (C=O) groups excluding carboxylic acids is 1. The van der Waals surface area contributed by atoms with Gasteiger partial charge in [-0.15, -0.1) is 0 Å². The molecule has 1 aromatic carbocycles. The molecule has 0 bridgehead atoms. The predicted molar refractivity (Wildman–Crippen MR) is 117 cm³/mol. The van der Waals surface area contributed by atoms with Crippen LogP contribution >= 0.6 is 0 Å². The van der Waals surface area contributed by atoms with Crippen molar-refractivity contribution in [2.45, 2.75) is 55.3 Å². The summed E-state index contributed by atoms with van der Waals surface area (Å²) in [5, 5.41) is 6.12. The molecule has 0 spiro atoms. The van der Waals surface area contributed by atoms with Crippen LogP contribution in [0.4, 0.5) is 33.6 Å². The van der Waals surface area contributed by atoms with Gasteiger partial charge < -0.3 is 19.6 Å². The summed E-state index contributed by atoms with van der Waals surface area (Å²) < 4.78 is 94.6. The molecule has 1 aromatic heterocycles. The number of hydrogen-bond acceptors (Lipinski definition) is 8. The second kappa shape index (κ2) is 9.82. The Labute approximate surface area is 203 Å². The van der Waals surface area contributed by atoms with E-state index < -0.39 is 44.5 Å². The van der Waals surface area contributed by atoms with E-state index in [1.165, 1.54) is 0 Å². The van der Waals surface area contributed by atoms with Gasteiger partial charge in [0.2, 0.25) is 5.91 Å². The highest BCUT2D eigenvalue weighted by Crippen LogP contribution is 2.31. The van der Waals surface area contributed by atoms with Gasteiger partial charge >= 0.3 is 12.1 Å². The maximum Gasteiger partial charge on any atom is 0.471 e. The minimum absolute atomic E-state index is 0.169. The zero-order chi connectivity index (χ0) is 26.3. The van der Waals surface area contributed by atoms with Gasteiger partial charge in [-0.2, -0.15) is 18.2 Å². The Morgan fingerprint density at radius 3 is 2.36 bits per heavy atom. The van der Waals surface area contributed by atoms with Crippen LogP contribution < -0.4 is 10.2 Å². The van der Waals surface area contributed by atoms with Crippen molar-refractivity contribution in [2.75, 3.05) is 36.1 Å². The number of benzene rings is 1. The summed E-state index contributed by atoms with van der Waals surface area (Å²) in [6.07, 6.45) is -1.38. The second-order valence-electron chi connectivity index (χ2n) is 8.87. The Morgan fingerprint density at radius 2 is 1.75 bits per heavy atom. The summed E-state index contributed by atoms with van der Waals surface area (Å²) in [5.41, 5.74) is -0.313. The summed E-state index contributed by atoms with van der Waals surface area (Å²) in [4.78, 5) is 19.2. The molecular weight excluding hydrogens is 513 g/mol. The van der Waals surface area contributed by atoms with Crippen molar-refractivity contribution < 1.29 is 39.7 Å². The number of sulfone groups is 1. The third kappa shape index (κ3) is 5.55. The van der Waals surface area contributed by atoms with E-state index >= 15 is 0 Å². The van der Waals surface area contributed by atoms with Gasteiger partial charge in [-0.3, -0.25) is 4.79 Å². The van der Waals surface area contributed by atoms with E-state index in [2.05, 4.69) is 20.0 Å². The maximum absolute atomic E-state index is 14.6. The largest absolute Gasteiger partial charge is 0.471 e. The first kappa shape index (κ1) is 26.1. The Kier molecular flexibility index (Phi) is 7.12. The lowest BCUT2D eigenvalue weighted by Crippen LogP contribution is -2.51. The Balaban J connectivity index is 1.43. The average molecular weight is 538 g/mol. The van der Waals surface area contributed by atoms with Gasteiger partial charge in [-0.25, -0.2) is 17.2 Å². The van der Waals surface area contributed by atoms with E-state index in [1.807, 2.05) is 0 Å². The quantitative estimate of drug-likeness (QED) is 0.580. The van der Waals surface area contributed by atoms with E-state index in [0.29, 0.717) is 57.8 Å². The van der Waals surface area contributed by atoms with Crippen LogP contribution in [0.3, 0.4) is 0 Å². The Morgan fingerprint density at radius 1 is 1.06 bits per heavy atom. The fourth-order valence-corrected chi connectivity index (χ4v) is 5.24. The highest BCUT2D eigenvalue weighted by molar-refractivity contribution is 7.90. The smallest absolute Gasteiger partial charge is 0.371 e. The fraction of sp³-hybridized carbons (Fsp3) is 0.571. The number of rotatable bonds is 5. The number of piperidine rings is 1. The van der Waals surface area contributed by atoms with Crippen LogP contribution in [0.15, 0.2) is 21.6 Å². The number of alkyl halides is 3. The molecule has 198 valence electrons. The average Bonchev–Trinajstić information content (AvgIpc) is 3.23. The molecule has 0 saturated carbocycles. The van der Waals surface area contributed by atoms with Gasteiger partial charge in [-0.05, 0) is 43.3 Å².